The van der Waals surface area contributed by atoms with Crippen molar-refractivity contribution < 1.29 is 9.13 Å². The van der Waals surface area contributed by atoms with Gasteiger partial charge in [-0.05, 0) is 31.6 Å². The molecule has 6 heteroatoms. The Morgan fingerprint density at radius 3 is 3.00 bits per heavy atom. The number of aromatic nitrogens is 2. The maximum Gasteiger partial charge on any atom is 0.178 e. The van der Waals surface area contributed by atoms with Gasteiger partial charge in [0.05, 0.1) is 16.1 Å². The molecular weight excluding hydrogens is 275 g/mol. The molecule has 0 atom stereocenters. The monoisotopic (exact) mass is 288 g/mol. The Balaban J connectivity index is 2.29. The van der Waals surface area contributed by atoms with Crippen LogP contribution >= 0.6 is 23.8 Å². The van der Waals surface area contributed by atoms with Gasteiger partial charge < -0.3 is 14.3 Å². The first-order valence-corrected chi connectivity index (χ1v) is 6.57. The topological polar surface area (TPSA) is 29.9 Å². The van der Waals surface area contributed by atoms with Gasteiger partial charge in [0, 0.05) is 25.8 Å². The summed E-state index contributed by atoms with van der Waals surface area (Å²) in [7, 11) is 0. The molecule has 0 saturated heterocycles. The highest BCUT2D eigenvalue weighted by atomic mass is 35.5. The van der Waals surface area contributed by atoms with Gasteiger partial charge in [0.15, 0.2) is 4.77 Å². The average Bonchev–Trinajstić information content (AvgIpc) is 2.62. The predicted molar refractivity (Wildman–Crippen MR) is 73.2 cm³/mol. The summed E-state index contributed by atoms with van der Waals surface area (Å²) in [6.45, 7) is 4.07. The van der Waals surface area contributed by atoms with Gasteiger partial charge in [-0.3, -0.25) is 0 Å². The van der Waals surface area contributed by atoms with Crippen molar-refractivity contribution in [2.75, 3.05) is 13.2 Å². The minimum absolute atomic E-state index is 0.107. The second kappa shape index (κ2) is 5.82. The van der Waals surface area contributed by atoms with Gasteiger partial charge in [0.25, 0.3) is 0 Å². The molecule has 0 fully saturated rings. The minimum Gasteiger partial charge on any atom is -0.382 e. The summed E-state index contributed by atoms with van der Waals surface area (Å²) >= 11 is 11.0. The molecule has 0 aliphatic rings. The molecule has 98 valence electrons. The van der Waals surface area contributed by atoms with Crippen LogP contribution in [0.25, 0.3) is 11.0 Å². The number of halogens is 2. The molecule has 18 heavy (non-hydrogen) atoms. The van der Waals surface area contributed by atoms with Crippen molar-refractivity contribution >= 4 is 34.9 Å². The SMILES string of the molecule is CCOCCCn1c(=S)[nH]c2cc(F)c(Cl)cc21. The lowest BCUT2D eigenvalue weighted by Gasteiger charge is -2.05. The number of nitrogens with zero attached hydrogens (tertiary/aromatic N) is 1. The molecule has 0 aliphatic heterocycles. The zero-order valence-corrected chi connectivity index (χ0v) is 11.6. The summed E-state index contributed by atoms with van der Waals surface area (Å²) < 4.78 is 21.1. The molecule has 0 saturated carbocycles. The number of imidazole rings is 1. The number of ether oxygens (including phenoxy) is 1. The van der Waals surface area contributed by atoms with Crippen LogP contribution in [0.15, 0.2) is 12.1 Å². The highest BCUT2D eigenvalue weighted by Crippen LogP contribution is 2.23. The van der Waals surface area contributed by atoms with E-state index in [0.717, 1.165) is 18.5 Å². The molecule has 0 radical (unpaired) electrons. The van der Waals surface area contributed by atoms with Gasteiger partial charge in [0.1, 0.15) is 5.82 Å². The third-order valence-corrected chi connectivity index (χ3v) is 3.30. The summed E-state index contributed by atoms with van der Waals surface area (Å²) in [6.07, 6.45) is 0.851. The maximum absolute atomic E-state index is 13.3. The first-order chi connectivity index (χ1) is 8.63. The van der Waals surface area contributed by atoms with Crippen molar-refractivity contribution in [2.24, 2.45) is 0 Å². The molecular formula is C12H14ClFN2OS. The zero-order chi connectivity index (χ0) is 13.1. The fourth-order valence-corrected chi connectivity index (χ4v) is 2.30. The van der Waals surface area contributed by atoms with E-state index < -0.39 is 5.82 Å². The molecule has 1 heterocycles. The van der Waals surface area contributed by atoms with E-state index in [9.17, 15) is 4.39 Å². The molecule has 2 rings (SSSR count). The summed E-state index contributed by atoms with van der Waals surface area (Å²) in [6, 6.07) is 2.96. The molecule has 2 aromatic rings. The Bertz CT molecular complexity index is 608. The first kappa shape index (κ1) is 13.5. The van der Waals surface area contributed by atoms with E-state index in [-0.39, 0.29) is 5.02 Å². The van der Waals surface area contributed by atoms with Gasteiger partial charge in [-0.25, -0.2) is 4.39 Å². The molecule has 0 spiro atoms. The van der Waals surface area contributed by atoms with Crippen LogP contribution in [0, 0.1) is 10.6 Å². The van der Waals surface area contributed by atoms with Crippen molar-refractivity contribution in [1.82, 2.24) is 9.55 Å². The Labute approximate surface area is 115 Å². The number of hydrogen-bond acceptors (Lipinski definition) is 2. The number of aromatic amines is 1. The number of fused-ring (bicyclic) bond motifs is 1. The molecule has 1 aromatic heterocycles. The van der Waals surface area contributed by atoms with Crippen molar-refractivity contribution in [3.05, 3.63) is 27.7 Å². The van der Waals surface area contributed by atoms with Gasteiger partial charge in [-0.1, -0.05) is 11.6 Å². The average molecular weight is 289 g/mol. The van der Waals surface area contributed by atoms with E-state index in [2.05, 4.69) is 4.98 Å². The zero-order valence-electron chi connectivity index (χ0n) is 10.0. The van der Waals surface area contributed by atoms with Crippen LogP contribution in [0.1, 0.15) is 13.3 Å². The van der Waals surface area contributed by atoms with Crippen LogP contribution in [-0.2, 0) is 11.3 Å². The van der Waals surface area contributed by atoms with E-state index in [1.165, 1.54) is 6.07 Å². The third kappa shape index (κ3) is 2.74. The second-order valence-corrected chi connectivity index (χ2v) is 4.71. The molecule has 3 nitrogen and oxygen atoms in total. The minimum atomic E-state index is -0.443. The Hall–Kier alpha value is -0.910. The third-order valence-electron chi connectivity index (χ3n) is 2.69. The lowest BCUT2D eigenvalue weighted by molar-refractivity contribution is 0.142. The Morgan fingerprint density at radius 2 is 2.28 bits per heavy atom. The maximum atomic E-state index is 13.3. The van der Waals surface area contributed by atoms with E-state index in [1.807, 2.05) is 11.5 Å². The number of H-pyrrole nitrogens is 1. The van der Waals surface area contributed by atoms with Crippen LogP contribution in [0.2, 0.25) is 5.02 Å². The number of aryl methyl sites for hydroxylation is 1. The van der Waals surface area contributed by atoms with Crippen LogP contribution < -0.4 is 0 Å². The molecule has 1 N–H and O–H groups in total. The van der Waals surface area contributed by atoms with Gasteiger partial charge in [-0.2, -0.15) is 0 Å². The molecule has 1 aromatic carbocycles. The van der Waals surface area contributed by atoms with Crippen LogP contribution in [0.5, 0.6) is 0 Å². The summed E-state index contributed by atoms with van der Waals surface area (Å²) in [5.74, 6) is -0.443. The van der Waals surface area contributed by atoms with E-state index in [4.69, 9.17) is 28.6 Å². The number of benzene rings is 1. The quantitative estimate of drug-likeness (QED) is 0.668. The molecule has 0 unspecified atom stereocenters. The Kier molecular flexibility index (Phi) is 4.37. The lowest BCUT2D eigenvalue weighted by Crippen LogP contribution is -2.02. The smallest absolute Gasteiger partial charge is 0.178 e. The van der Waals surface area contributed by atoms with Gasteiger partial charge in [-0.15, -0.1) is 0 Å². The van der Waals surface area contributed by atoms with Crippen LogP contribution in [-0.4, -0.2) is 22.8 Å². The highest BCUT2D eigenvalue weighted by Gasteiger charge is 2.08. The molecule has 0 bridgehead atoms. The lowest BCUT2D eigenvalue weighted by atomic mass is 10.3. The number of hydrogen-bond donors (Lipinski definition) is 1. The predicted octanol–water partition coefficient (Wildman–Crippen LogP) is 3.92. The largest absolute Gasteiger partial charge is 0.382 e. The standard InChI is InChI=1S/C12H14ClFN2OS/c1-2-17-5-3-4-16-11-6-8(13)9(14)7-10(11)15-12(16)18/h6-7H,2-5H2,1H3,(H,15,18). The summed E-state index contributed by atoms with van der Waals surface area (Å²) in [5.41, 5.74) is 1.49. The first-order valence-electron chi connectivity index (χ1n) is 5.78. The van der Waals surface area contributed by atoms with Crippen molar-refractivity contribution in [3.8, 4) is 0 Å². The van der Waals surface area contributed by atoms with Crippen LogP contribution in [0.3, 0.4) is 0 Å². The highest BCUT2D eigenvalue weighted by molar-refractivity contribution is 7.71. The van der Waals surface area contributed by atoms with Crippen LogP contribution in [0.4, 0.5) is 4.39 Å². The van der Waals surface area contributed by atoms with Gasteiger partial charge in [0.2, 0.25) is 0 Å². The fraction of sp³-hybridized carbons (Fsp3) is 0.417. The Morgan fingerprint density at radius 1 is 1.50 bits per heavy atom. The van der Waals surface area contributed by atoms with Gasteiger partial charge >= 0.3 is 0 Å². The fourth-order valence-electron chi connectivity index (χ4n) is 1.84. The summed E-state index contributed by atoms with van der Waals surface area (Å²) in [5, 5.41) is 0.107. The number of nitrogens with one attached hydrogen (secondary N) is 1. The van der Waals surface area contributed by atoms with Crippen molar-refractivity contribution in [2.45, 2.75) is 19.9 Å². The second-order valence-electron chi connectivity index (χ2n) is 3.92. The van der Waals surface area contributed by atoms with Crippen molar-refractivity contribution in [3.63, 3.8) is 0 Å². The van der Waals surface area contributed by atoms with E-state index in [0.29, 0.717) is 23.5 Å². The van der Waals surface area contributed by atoms with E-state index >= 15 is 0 Å². The normalized spacial score (nSPS) is 11.3. The van der Waals surface area contributed by atoms with E-state index in [1.54, 1.807) is 6.07 Å². The summed E-state index contributed by atoms with van der Waals surface area (Å²) in [4.78, 5) is 2.97. The van der Waals surface area contributed by atoms with Crippen molar-refractivity contribution in [1.29, 1.82) is 0 Å². The molecule has 0 amide bonds. The number of rotatable bonds is 5. The molecule has 0 aliphatic carbocycles.